The molecule has 0 aromatic heterocycles. The number of hydrogen-bond acceptors (Lipinski definition) is 10. The predicted molar refractivity (Wildman–Crippen MR) is 198 cm³/mol. The van der Waals surface area contributed by atoms with E-state index in [1.165, 1.54) is 12.5 Å². The lowest BCUT2D eigenvalue weighted by atomic mass is 9.95. The molecule has 0 aliphatic carbocycles. The summed E-state index contributed by atoms with van der Waals surface area (Å²) in [6, 6.07) is 22.0. The summed E-state index contributed by atoms with van der Waals surface area (Å²) >= 11 is 2.21. The van der Waals surface area contributed by atoms with Crippen molar-refractivity contribution in [3.63, 3.8) is 0 Å². The summed E-state index contributed by atoms with van der Waals surface area (Å²) in [6.45, 7) is 6.37. The van der Waals surface area contributed by atoms with Crippen molar-refractivity contribution in [3.05, 3.63) is 104 Å². The Balaban J connectivity index is 1.21. The average molecular weight is 795 g/mol. The van der Waals surface area contributed by atoms with Crippen LogP contribution in [0.4, 0.5) is 4.79 Å². The number of nitrogens with zero attached hydrogens (tertiary/aromatic N) is 1. The molecule has 0 radical (unpaired) electrons. The second kappa shape index (κ2) is 17.1. The van der Waals surface area contributed by atoms with Crippen molar-refractivity contribution in [3.8, 4) is 23.0 Å². The Kier molecular flexibility index (Phi) is 12.4. The molecule has 0 fully saturated rings. The van der Waals surface area contributed by atoms with Crippen molar-refractivity contribution in [2.45, 2.75) is 39.6 Å². The molecule has 50 heavy (non-hydrogen) atoms. The minimum atomic E-state index is -1.16. The molecule has 4 N–H and O–H groups in total. The first-order valence-electron chi connectivity index (χ1n) is 16.0. The van der Waals surface area contributed by atoms with E-state index in [1.807, 2.05) is 38.1 Å². The monoisotopic (exact) mass is 794 g/mol. The molecular weight excluding hydrogens is 755 g/mol. The maximum atomic E-state index is 12.5. The standard InChI is InChI=1S/C37H39IN4O8/c1-5-47-30-18-27(34-33(36(44)46-4)22(3)40-37(45)41-34)13-14-29(30)49-21-32(43)42-39-19-24-16-28(38)35(31(17-24)48-6-2)50-20-23-11-12-25-9-7-8-10-26(25)15-23/h7-19,32,34,42-43H,5-6,20-21H2,1-4H3,(H2,40,41,45)/b39-19-/t32-,34+/m1/s1. The molecule has 0 spiro atoms. The number of ether oxygens (including phenoxy) is 5. The highest BCUT2D eigenvalue weighted by atomic mass is 127. The number of fused-ring (bicyclic) bond motifs is 1. The number of hydrogen-bond donors (Lipinski definition) is 4. The summed E-state index contributed by atoms with van der Waals surface area (Å²) in [4.78, 5) is 24.7. The molecule has 1 heterocycles. The van der Waals surface area contributed by atoms with E-state index in [0.717, 1.165) is 20.1 Å². The maximum Gasteiger partial charge on any atom is 0.337 e. The number of nitrogens with one attached hydrogen (secondary N) is 3. The van der Waals surface area contributed by atoms with Gasteiger partial charge in [0.1, 0.15) is 13.2 Å². The van der Waals surface area contributed by atoms with Crippen molar-refractivity contribution in [2.24, 2.45) is 5.10 Å². The molecule has 1 aliphatic rings. The van der Waals surface area contributed by atoms with Crippen molar-refractivity contribution in [1.82, 2.24) is 16.1 Å². The first kappa shape index (κ1) is 36.3. The molecule has 0 saturated heterocycles. The quantitative estimate of drug-likeness (QED) is 0.0377. The normalized spacial score (nSPS) is 14.9. The maximum absolute atomic E-state index is 12.5. The van der Waals surface area contributed by atoms with Gasteiger partial charge in [-0.05, 0) is 101 Å². The third-order valence-corrected chi connectivity index (χ3v) is 8.44. The molecule has 12 nitrogen and oxygen atoms in total. The van der Waals surface area contributed by atoms with E-state index in [1.54, 1.807) is 31.3 Å². The Morgan fingerprint density at radius 1 is 0.960 bits per heavy atom. The molecule has 1 aliphatic heterocycles. The summed E-state index contributed by atoms with van der Waals surface area (Å²) in [5, 5.41) is 22.5. The number of hydrazone groups is 1. The highest BCUT2D eigenvalue weighted by Crippen LogP contribution is 2.36. The van der Waals surface area contributed by atoms with E-state index >= 15 is 0 Å². The van der Waals surface area contributed by atoms with Crippen LogP contribution in [0.5, 0.6) is 23.0 Å². The first-order valence-corrected chi connectivity index (χ1v) is 17.1. The highest BCUT2D eigenvalue weighted by molar-refractivity contribution is 14.1. The zero-order chi connectivity index (χ0) is 35.6. The van der Waals surface area contributed by atoms with Crippen molar-refractivity contribution < 1.29 is 38.4 Å². The Morgan fingerprint density at radius 2 is 1.72 bits per heavy atom. The molecule has 2 amide bonds. The third kappa shape index (κ3) is 8.95. The Labute approximate surface area is 303 Å². The number of carbonyl (C=O) groups is 2. The minimum absolute atomic E-state index is 0.156. The number of allylic oxidation sites excluding steroid dienone is 1. The van der Waals surface area contributed by atoms with Gasteiger partial charge in [0.05, 0.1) is 41.7 Å². The Morgan fingerprint density at radius 3 is 2.48 bits per heavy atom. The van der Waals surface area contributed by atoms with Crippen LogP contribution >= 0.6 is 22.6 Å². The van der Waals surface area contributed by atoms with Crippen LogP contribution in [-0.2, 0) is 16.1 Å². The van der Waals surface area contributed by atoms with Gasteiger partial charge in [0.15, 0.2) is 29.2 Å². The van der Waals surface area contributed by atoms with E-state index in [0.29, 0.717) is 54.1 Å². The second-order valence-electron chi connectivity index (χ2n) is 11.1. The SMILES string of the molecule is CCOc1cc([C@@H]2NC(=O)NC(C)=C2C(=O)OC)ccc1OC[C@@H](O)N/N=C\c1cc(I)c(OCc2ccc3ccccc3c2)c(OCC)c1. The van der Waals surface area contributed by atoms with Crippen LogP contribution in [0, 0.1) is 3.57 Å². The number of carbonyl (C=O) groups excluding carboxylic acids is 2. The van der Waals surface area contributed by atoms with E-state index < -0.39 is 24.3 Å². The fourth-order valence-electron chi connectivity index (χ4n) is 5.37. The molecule has 262 valence electrons. The van der Waals surface area contributed by atoms with Gasteiger partial charge in [-0.1, -0.05) is 42.5 Å². The van der Waals surface area contributed by atoms with E-state index in [4.69, 9.17) is 23.7 Å². The number of aliphatic hydroxyl groups is 1. The van der Waals surface area contributed by atoms with Crippen LogP contribution in [0.2, 0.25) is 0 Å². The van der Waals surface area contributed by atoms with Gasteiger partial charge in [-0.25, -0.2) is 9.59 Å². The minimum Gasteiger partial charge on any atom is -0.490 e. The van der Waals surface area contributed by atoms with E-state index in [2.05, 4.69) is 74.1 Å². The van der Waals surface area contributed by atoms with E-state index in [-0.39, 0.29) is 12.2 Å². The topological polar surface area (TPSA) is 149 Å². The van der Waals surface area contributed by atoms with Gasteiger partial charge in [-0.2, -0.15) is 5.10 Å². The molecule has 4 aromatic rings. The van der Waals surface area contributed by atoms with Crippen LogP contribution in [0.25, 0.3) is 10.8 Å². The smallest absolute Gasteiger partial charge is 0.337 e. The summed E-state index contributed by atoms with van der Waals surface area (Å²) in [6.07, 6.45) is 0.416. The fraction of sp³-hybridized carbons (Fsp3) is 0.270. The fourth-order valence-corrected chi connectivity index (χ4v) is 6.15. The zero-order valence-corrected chi connectivity index (χ0v) is 30.3. The predicted octanol–water partition coefficient (Wildman–Crippen LogP) is 5.94. The second-order valence-corrected chi connectivity index (χ2v) is 12.3. The van der Waals surface area contributed by atoms with Gasteiger partial charge in [0.25, 0.3) is 0 Å². The summed E-state index contributed by atoms with van der Waals surface area (Å²) < 4.78 is 29.5. The van der Waals surface area contributed by atoms with E-state index in [9.17, 15) is 14.7 Å². The molecule has 0 unspecified atom stereocenters. The van der Waals surface area contributed by atoms with Crippen molar-refractivity contribution in [1.29, 1.82) is 0 Å². The molecular formula is C37H39IN4O8. The molecule has 0 saturated carbocycles. The van der Waals surface area contributed by atoms with Crippen LogP contribution in [0.15, 0.2) is 89.2 Å². The van der Waals surface area contributed by atoms with Crippen LogP contribution in [-0.4, -0.2) is 56.5 Å². The number of methoxy groups -OCH3 is 1. The van der Waals surface area contributed by atoms with Crippen LogP contribution in [0.1, 0.15) is 43.5 Å². The average Bonchev–Trinajstić information content (AvgIpc) is 3.10. The number of halogens is 1. The number of rotatable bonds is 15. The van der Waals surface area contributed by atoms with Gasteiger partial charge in [0, 0.05) is 5.70 Å². The summed E-state index contributed by atoms with van der Waals surface area (Å²) in [5.74, 6) is 1.39. The summed E-state index contributed by atoms with van der Waals surface area (Å²) in [5.41, 5.74) is 5.71. The Bertz CT molecular complexity index is 1910. The van der Waals surface area contributed by atoms with Gasteiger partial charge in [-0.3, -0.25) is 5.43 Å². The highest BCUT2D eigenvalue weighted by Gasteiger charge is 2.32. The van der Waals surface area contributed by atoms with Gasteiger partial charge in [0.2, 0.25) is 0 Å². The number of benzene rings is 4. The number of amides is 2. The van der Waals surface area contributed by atoms with Crippen LogP contribution in [0.3, 0.4) is 0 Å². The van der Waals surface area contributed by atoms with Gasteiger partial charge in [-0.15, -0.1) is 0 Å². The zero-order valence-electron chi connectivity index (χ0n) is 28.1. The number of urea groups is 1. The van der Waals surface area contributed by atoms with Crippen molar-refractivity contribution in [2.75, 3.05) is 26.9 Å². The van der Waals surface area contributed by atoms with Crippen molar-refractivity contribution >= 4 is 51.6 Å². The van der Waals surface area contributed by atoms with Crippen LogP contribution < -0.4 is 35.0 Å². The largest absolute Gasteiger partial charge is 0.490 e. The molecule has 0 bridgehead atoms. The Hall–Kier alpha value is -5.02. The molecule has 2 atom stereocenters. The molecule has 13 heteroatoms. The summed E-state index contributed by atoms with van der Waals surface area (Å²) in [7, 11) is 1.28. The molecule has 4 aromatic carbocycles. The lowest BCUT2D eigenvalue weighted by molar-refractivity contribution is -0.136. The molecule has 5 rings (SSSR count). The first-order chi connectivity index (χ1) is 24.2. The number of aliphatic hydroxyl groups excluding tert-OH is 1. The number of esters is 1. The lowest BCUT2D eigenvalue weighted by Gasteiger charge is -2.28. The lowest BCUT2D eigenvalue weighted by Crippen LogP contribution is -2.45. The van der Waals surface area contributed by atoms with Gasteiger partial charge >= 0.3 is 12.0 Å². The third-order valence-electron chi connectivity index (χ3n) is 7.64. The van der Waals surface area contributed by atoms with Gasteiger partial charge < -0.3 is 39.4 Å².